The van der Waals surface area contributed by atoms with E-state index in [1.54, 1.807) is 6.20 Å². The summed E-state index contributed by atoms with van der Waals surface area (Å²) >= 11 is 0. The third-order valence-corrected chi connectivity index (χ3v) is 7.38. The second-order valence-corrected chi connectivity index (χ2v) is 9.35. The van der Waals surface area contributed by atoms with Crippen LogP contribution in [0.5, 0.6) is 0 Å². The maximum atomic E-state index is 13.2. The summed E-state index contributed by atoms with van der Waals surface area (Å²) in [6.07, 6.45) is 6.55. The van der Waals surface area contributed by atoms with Gasteiger partial charge in [-0.1, -0.05) is 44.9 Å². The van der Waals surface area contributed by atoms with Crippen molar-refractivity contribution >= 4 is 16.7 Å². The molecule has 32 heavy (non-hydrogen) atoms. The van der Waals surface area contributed by atoms with E-state index in [2.05, 4.69) is 28.8 Å². The van der Waals surface area contributed by atoms with Crippen LogP contribution in [0.1, 0.15) is 57.3 Å². The fourth-order valence-corrected chi connectivity index (χ4v) is 5.16. The highest BCUT2D eigenvalue weighted by molar-refractivity contribution is 5.87. The summed E-state index contributed by atoms with van der Waals surface area (Å²) in [6.45, 7) is 9.25. The monoisotopic (exact) mass is 434 g/mol. The molecule has 2 aromatic heterocycles. The van der Waals surface area contributed by atoms with Crippen molar-refractivity contribution in [2.75, 3.05) is 0 Å². The number of para-hydroxylation sites is 1. The van der Waals surface area contributed by atoms with Gasteiger partial charge in [-0.05, 0) is 50.7 Å². The molecule has 1 fully saturated rings. The number of carbonyl (C=O) groups excluding carboxylic acids is 1. The molecular formula is C26H34N4O2. The lowest BCUT2D eigenvalue weighted by atomic mass is 9.78. The number of rotatable bonds is 6. The minimum Gasteiger partial charge on any atom is -0.353 e. The highest BCUT2D eigenvalue weighted by Crippen LogP contribution is 2.29. The van der Waals surface area contributed by atoms with Gasteiger partial charge in [0, 0.05) is 35.8 Å². The first-order chi connectivity index (χ1) is 15.4. The van der Waals surface area contributed by atoms with Crippen molar-refractivity contribution in [3.8, 4) is 5.69 Å². The Labute approximate surface area is 189 Å². The van der Waals surface area contributed by atoms with Crippen LogP contribution in [-0.4, -0.2) is 26.3 Å². The average molecular weight is 435 g/mol. The van der Waals surface area contributed by atoms with Gasteiger partial charge in [0.1, 0.15) is 0 Å². The summed E-state index contributed by atoms with van der Waals surface area (Å²) in [5, 5.41) is 9.26. The summed E-state index contributed by atoms with van der Waals surface area (Å²) < 4.78 is 3.61. The number of carbonyl (C=O) groups is 1. The van der Waals surface area contributed by atoms with Gasteiger partial charge in [-0.15, -0.1) is 0 Å². The molecule has 0 aliphatic heterocycles. The van der Waals surface area contributed by atoms with E-state index in [9.17, 15) is 9.59 Å². The molecule has 3 atom stereocenters. The molecule has 1 saturated carbocycles. The van der Waals surface area contributed by atoms with Gasteiger partial charge < -0.3 is 9.88 Å². The Balaban J connectivity index is 1.47. The number of nitrogens with one attached hydrogen (secondary N) is 1. The Kier molecular flexibility index (Phi) is 6.49. The molecule has 1 aliphatic rings. The van der Waals surface area contributed by atoms with Gasteiger partial charge in [0.15, 0.2) is 0 Å². The average Bonchev–Trinajstić information content (AvgIpc) is 3.03. The third-order valence-electron chi connectivity index (χ3n) is 7.38. The zero-order valence-electron chi connectivity index (χ0n) is 19.6. The highest BCUT2D eigenvalue weighted by atomic mass is 16.1. The Morgan fingerprint density at radius 1 is 1.12 bits per heavy atom. The van der Waals surface area contributed by atoms with Crippen molar-refractivity contribution in [2.45, 2.75) is 72.4 Å². The van der Waals surface area contributed by atoms with Crippen molar-refractivity contribution in [2.24, 2.45) is 11.8 Å². The van der Waals surface area contributed by atoms with Crippen molar-refractivity contribution in [1.29, 1.82) is 0 Å². The van der Waals surface area contributed by atoms with Gasteiger partial charge in [-0.2, -0.15) is 9.78 Å². The minimum atomic E-state index is -0.105. The fraction of sp³-hybridized carbons (Fsp3) is 0.500. The van der Waals surface area contributed by atoms with Crippen LogP contribution in [0.2, 0.25) is 0 Å². The molecule has 0 spiro atoms. The Hall–Kier alpha value is -2.89. The molecule has 6 nitrogen and oxygen atoms in total. The molecule has 1 aliphatic carbocycles. The fourth-order valence-electron chi connectivity index (χ4n) is 5.16. The lowest BCUT2D eigenvalue weighted by Crippen LogP contribution is -2.43. The van der Waals surface area contributed by atoms with Crippen LogP contribution >= 0.6 is 0 Å². The maximum absolute atomic E-state index is 13.2. The van der Waals surface area contributed by atoms with Gasteiger partial charge in [0.25, 0.3) is 5.56 Å². The molecule has 0 bridgehead atoms. The lowest BCUT2D eigenvalue weighted by Gasteiger charge is -2.34. The normalized spacial score (nSPS) is 21.1. The first kappa shape index (κ1) is 22.3. The summed E-state index contributed by atoms with van der Waals surface area (Å²) in [7, 11) is 0. The van der Waals surface area contributed by atoms with Crippen LogP contribution < -0.4 is 10.9 Å². The zero-order chi connectivity index (χ0) is 22.8. The molecule has 0 radical (unpaired) electrons. The summed E-state index contributed by atoms with van der Waals surface area (Å²) in [4.78, 5) is 25.8. The molecule has 1 amide bonds. The predicted octanol–water partition coefficient (Wildman–Crippen LogP) is 4.53. The molecule has 6 heteroatoms. The Morgan fingerprint density at radius 2 is 1.88 bits per heavy atom. The molecule has 1 aromatic carbocycles. The van der Waals surface area contributed by atoms with Crippen LogP contribution in [0.25, 0.3) is 16.5 Å². The molecule has 0 saturated heterocycles. The maximum Gasteiger partial charge on any atom is 0.281 e. The number of fused-ring (bicyclic) bond motifs is 1. The van der Waals surface area contributed by atoms with E-state index in [0.29, 0.717) is 36.2 Å². The smallest absolute Gasteiger partial charge is 0.281 e. The van der Waals surface area contributed by atoms with Gasteiger partial charge in [0.05, 0.1) is 17.3 Å². The van der Waals surface area contributed by atoms with Gasteiger partial charge in [0.2, 0.25) is 5.91 Å². The van der Waals surface area contributed by atoms with Crippen molar-refractivity contribution in [1.82, 2.24) is 19.7 Å². The number of hydrogen-bond donors (Lipinski definition) is 1. The second-order valence-electron chi connectivity index (χ2n) is 9.35. The standard InChI is InChI=1S/C26H34N4O2/c1-17-10-8-13-23(18(17)2)28-24(31)14-9-15-29-19(3)22-16-27-30(21-11-6-5-7-12-21)26(32)25(22)20(29)4/h5-7,11-12,16-18,23H,8-10,13-15H2,1-4H3,(H,28,31)/t17-,18-,23+/m0/s1. The SMILES string of the molecule is Cc1c2cnn(-c3ccccc3)c(=O)c2c(C)n1CCCC(=O)N[C@@H]1CCC[C@H](C)[C@@H]1C. The summed E-state index contributed by atoms with van der Waals surface area (Å²) in [5.41, 5.74) is 2.61. The topological polar surface area (TPSA) is 68.9 Å². The second kappa shape index (κ2) is 9.31. The minimum absolute atomic E-state index is 0.105. The van der Waals surface area contributed by atoms with Crippen molar-refractivity contribution in [3.05, 3.63) is 58.3 Å². The Morgan fingerprint density at radius 3 is 2.62 bits per heavy atom. The van der Waals surface area contributed by atoms with Crippen molar-refractivity contribution in [3.63, 3.8) is 0 Å². The van der Waals surface area contributed by atoms with Gasteiger partial charge in [-0.3, -0.25) is 9.59 Å². The van der Waals surface area contributed by atoms with Gasteiger partial charge >= 0.3 is 0 Å². The first-order valence-corrected chi connectivity index (χ1v) is 11.8. The molecule has 1 N–H and O–H groups in total. The molecule has 170 valence electrons. The zero-order valence-corrected chi connectivity index (χ0v) is 19.6. The molecule has 4 rings (SSSR count). The highest BCUT2D eigenvalue weighted by Gasteiger charge is 2.28. The Bertz CT molecular complexity index is 1160. The molecule has 2 heterocycles. The van der Waals surface area contributed by atoms with E-state index >= 15 is 0 Å². The summed E-state index contributed by atoms with van der Waals surface area (Å²) in [6, 6.07) is 9.78. The lowest BCUT2D eigenvalue weighted by molar-refractivity contribution is -0.122. The van der Waals surface area contributed by atoms with E-state index in [1.807, 2.05) is 44.2 Å². The van der Waals surface area contributed by atoms with E-state index in [1.165, 1.54) is 17.5 Å². The van der Waals surface area contributed by atoms with Crippen LogP contribution in [0.3, 0.4) is 0 Å². The van der Waals surface area contributed by atoms with Crippen molar-refractivity contribution < 1.29 is 4.79 Å². The first-order valence-electron chi connectivity index (χ1n) is 11.8. The number of aromatic nitrogens is 3. The van der Waals surface area contributed by atoms with E-state index in [4.69, 9.17) is 0 Å². The number of aryl methyl sites for hydroxylation is 2. The number of benzene rings is 1. The largest absolute Gasteiger partial charge is 0.353 e. The molecule has 0 unspecified atom stereocenters. The van der Waals surface area contributed by atoms with E-state index in [-0.39, 0.29) is 11.5 Å². The molecular weight excluding hydrogens is 400 g/mol. The number of amides is 1. The predicted molar refractivity (Wildman–Crippen MR) is 128 cm³/mol. The third kappa shape index (κ3) is 4.23. The number of hydrogen-bond acceptors (Lipinski definition) is 3. The van der Waals surface area contributed by atoms with Crippen LogP contribution in [0, 0.1) is 25.7 Å². The van der Waals surface area contributed by atoms with Crippen LogP contribution in [0.4, 0.5) is 0 Å². The summed E-state index contributed by atoms with van der Waals surface area (Å²) in [5.74, 6) is 1.34. The molecule has 3 aromatic rings. The van der Waals surface area contributed by atoms with Crippen LogP contribution in [0.15, 0.2) is 41.3 Å². The van der Waals surface area contributed by atoms with Crippen LogP contribution in [-0.2, 0) is 11.3 Å². The quantitative estimate of drug-likeness (QED) is 0.620. The van der Waals surface area contributed by atoms with E-state index in [0.717, 1.165) is 35.3 Å². The number of nitrogens with zero attached hydrogens (tertiary/aromatic N) is 3. The van der Waals surface area contributed by atoms with Gasteiger partial charge in [-0.25, -0.2) is 0 Å². The van der Waals surface area contributed by atoms with E-state index < -0.39 is 0 Å².